The third-order valence-electron chi connectivity index (χ3n) is 1.28. The number of nitrogens with zero attached hydrogens (tertiary/aromatic N) is 1. The first-order valence-electron chi connectivity index (χ1n) is 4.07. The van der Waals surface area contributed by atoms with E-state index in [1.54, 1.807) is 19.9 Å². The van der Waals surface area contributed by atoms with Gasteiger partial charge in [0, 0.05) is 11.8 Å². The van der Waals surface area contributed by atoms with Gasteiger partial charge in [0.2, 0.25) is 0 Å². The second-order valence-corrected chi connectivity index (χ2v) is 3.02. The molecule has 0 saturated heterocycles. The SMILES string of the molecule is Cc1cc(NC(=O)OC(C)C)n[nH]1. The molecular formula is C8H13N3O2. The standard InChI is InChI=1S/C8H13N3O2/c1-5(2)13-8(12)9-7-4-6(3)10-11-7/h4-5H,1-3H3,(H2,9,10,11,12). The molecule has 0 saturated carbocycles. The molecule has 0 aliphatic heterocycles. The Morgan fingerprint density at radius 2 is 2.38 bits per heavy atom. The number of aromatic nitrogens is 2. The molecule has 5 heteroatoms. The van der Waals surface area contributed by atoms with Crippen LogP contribution in [0.3, 0.4) is 0 Å². The molecule has 1 rings (SSSR count). The molecule has 1 aromatic rings. The lowest BCUT2D eigenvalue weighted by Gasteiger charge is -2.06. The van der Waals surface area contributed by atoms with E-state index in [-0.39, 0.29) is 6.10 Å². The van der Waals surface area contributed by atoms with Crippen LogP contribution in [0.5, 0.6) is 0 Å². The third kappa shape index (κ3) is 3.14. The van der Waals surface area contributed by atoms with Crippen LogP contribution < -0.4 is 5.32 Å². The van der Waals surface area contributed by atoms with Gasteiger partial charge < -0.3 is 4.74 Å². The molecule has 0 unspecified atom stereocenters. The summed E-state index contributed by atoms with van der Waals surface area (Å²) in [7, 11) is 0. The summed E-state index contributed by atoms with van der Waals surface area (Å²) in [6.45, 7) is 5.43. The van der Waals surface area contributed by atoms with Crippen molar-refractivity contribution in [2.24, 2.45) is 0 Å². The molecule has 0 aliphatic rings. The second kappa shape index (κ2) is 3.93. The van der Waals surface area contributed by atoms with Crippen LogP contribution in [0.15, 0.2) is 6.07 Å². The molecule has 0 atom stereocenters. The molecule has 0 aromatic carbocycles. The summed E-state index contributed by atoms with van der Waals surface area (Å²) in [6.07, 6.45) is -0.610. The number of carbonyl (C=O) groups is 1. The number of ether oxygens (including phenoxy) is 1. The molecule has 1 amide bonds. The number of rotatable bonds is 2. The van der Waals surface area contributed by atoms with Crippen LogP contribution in [0.1, 0.15) is 19.5 Å². The van der Waals surface area contributed by atoms with Gasteiger partial charge in [0.1, 0.15) is 0 Å². The first-order chi connectivity index (χ1) is 6.08. The number of amides is 1. The zero-order valence-electron chi connectivity index (χ0n) is 7.92. The Morgan fingerprint density at radius 1 is 1.69 bits per heavy atom. The summed E-state index contributed by atoms with van der Waals surface area (Å²) in [4.78, 5) is 11.0. The highest BCUT2D eigenvalue weighted by molar-refractivity contribution is 5.83. The van der Waals surface area contributed by atoms with Crippen molar-refractivity contribution in [1.82, 2.24) is 10.2 Å². The van der Waals surface area contributed by atoms with Crippen molar-refractivity contribution in [2.45, 2.75) is 26.9 Å². The van der Waals surface area contributed by atoms with Gasteiger partial charge in [-0.15, -0.1) is 0 Å². The van der Waals surface area contributed by atoms with Gasteiger partial charge in [-0.2, -0.15) is 5.10 Å². The maximum Gasteiger partial charge on any atom is 0.413 e. The van der Waals surface area contributed by atoms with Crippen LogP contribution in [-0.2, 0) is 4.74 Å². The summed E-state index contributed by atoms with van der Waals surface area (Å²) >= 11 is 0. The lowest BCUT2D eigenvalue weighted by molar-refractivity contribution is 0.130. The average molecular weight is 183 g/mol. The molecule has 1 heterocycles. The maximum atomic E-state index is 11.0. The Bertz CT molecular complexity index is 293. The van der Waals surface area contributed by atoms with E-state index < -0.39 is 6.09 Å². The zero-order valence-corrected chi connectivity index (χ0v) is 7.92. The number of H-pyrrole nitrogens is 1. The van der Waals surface area contributed by atoms with Crippen LogP contribution in [0, 0.1) is 6.92 Å². The van der Waals surface area contributed by atoms with Gasteiger partial charge in [-0.05, 0) is 20.8 Å². The first kappa shape index (κ1) is 9.57. The number of carbonyl (C=O) groups excluding carboxylic acids is 1. The van der Waals surface area contributed by atoms with Crippen molar-refractivity contribution in [3.8, 4) is 0 Å². The maximum absolute atomic E-state index is 11.0. The monoisotopic (exact) mass is 183 g/mol. The molecule has 1 aromatic heterocycles. The highest BCUT2D eigenvalue weighted by Gasteiger charge is 2.06. The second-order valence-electron chi connectivity index (χ2n) is 3.02. The molecule has 0 spiro atoms. The van der Waals surface area contributed by atoms with E-state index in [1.807, 2.05) is 6.92 Å². The minimum absolute atomic E-state index is 0.125. The summed E-state index contributed by atoms with van der Waals surface area (Å²) in [6, 6.07) is 1.72. The fourth-order valence-electron chi connectivity index (χ4n) is 0.830. The van der Waals surface area contributed by atoms with Crippen LogP contribution >= 0.6 is 0 Å². The summed E-state index contributed by atoms with van der Waals surface area (Å²) < 4.78 is 4.86. The molecule has 0 bridgehead atoms. The minimum Gasteiger partial charge on any atom is -0.447 e. The van der Waals surface area contributed by atoms with Gasteiger partial charge >= 0.3 is 6.09 Å². The van der Waals surface area contributed by atoms with E-state index in [2.05, 4.69) is 15.5 Å². The Balaban J connectivity index is 2.45. The predicted octanol–water partition coefficient (Wildman–Crippen LogP) is 1.68. The molecule has 2 N–H and O–H groups in total. The van der Waals surface area contributed by atoms with Crippen molar-refractivity contribution in [3.05, 3.63) is 11.8 Å². The molecule has 72 valence electrons. The number of hydrogen-bond acceptors (Lipinski definition) is 3. The van der Waals surface area contributed by atoms with Crippen LogP contribution in [-0.4, -0.2) is 22.4 Å². The fraction of sp³-hybridized carbons (Fsp3) is 0.500. The molecule has 0 aliphatic carbocycles. The number of nitrogens with one attached hydrogen (secondary N) is 2. The van der Waals surface area contributed by atoms with Gasteiger partial charge in [0.05, 0.1) is 6.10 Å². The fourth-order valence-corrected chi connectivity index (χ4v) is 0.830. The zero-order chi connectivity index (χ0) is 9.84. The van der Waals surface area contributed by atoms with Gasteiger partial charge in [-0.3, -0.25) is 10.4 Å². The highest BCUT2D eigenvalue weighted by atomic mass is 16.6. The summed E-state index contributed by atoms with van der Waals surface area (Å²) in [5.74, 6) is 0.475. The molecular weight excluding hydrogens is 170 g/mol. The third-order valence-corrected chi connectivity index (χ3v) is 1.28. The number of aryl methyl sites for hydroxylation is 1. The summed E-state index contributed by atoms with van der Waals surface area (Å²) in [5.41, 5.74) is 0.889. The summed E-state index contributed by atoms with van der Waals surface area (Å²) in [5, 5.41) is 9.02. The molecule has 5 nitrogen and oxygen atoms in total. The number of anilines is 1. The van der Waals surface area contributed by atoms with Crippen molar-refractivity contribution in [1.29, 1.82) is 0 Å². The van der Waals surface area contributed by atoms with Gasteiger partial charge in [-0.1, -0.05) is 0 Å². The van der Waals surface area contributed by atoms with Crippen LogP contribution in [0.2, 0.25) is 0 Å². The van der Waals surface area contributed by atoms with E-state index in [4.69, 9.17) is 4.74 Å². The van der Waals surface area contributed by atoms with Crippen LogP contribution in [0.25, 0.3) is 0 Å². The molecule has 0 radical (unpaired) electrons. The lowest BCUT2D eigenvalue weighted by atomic mass is 10.5. The predicted molar refractivity (Wildman–Crippen MR) is 48.6 cm³/mol. The molecule has 13 heavy (non-hydrogen) atoms. The Hall–Kier alpha value is -1.52. The first-order valence-corrected chi connectivity index (χ1v) is 4.07. The van der Waals surface area contributed by atoms with Crippen LogP contribution in [0.4, 0.5) is 10.6 Å². The largest absolute Gasteiger partial charge is 0.447 e. The Kier molecular flexibility index (Phi) is 2.89. The smallest absolute Gasteiger partial charge is 0.413 e. The van der Waals surface area contributed by atoms with Gasteiger partial charge in [0.25, 0.3) is 0 Å². The van der Waals surface area contributed by atoms with E-state index in [1.165, 1.54) is 0 Å². The number of hydrogen-bond donors (Lipinski definition) is 2. The Morgan fingerprint density at radius 3 is 2.85 bits per heavy atom. The van der Waals surface area contributed by atoms with E-state index in [0.29, 0.717) is 5.82 Å². The van der Waals surface area contributed by atoms with Gasteiger partial charge in [0.15, 0.2) is 5.82 Å². The minimum atomic E-state index is -0.485. The Labute approximate surface area is 76.5 Å². The lowest BCUT2D eigenvalue weighted by Crippen LogP contribution is -2.18. The topological polar surface area (TPSA) is 67.0 Å². The van der Waals surface area contributed by atoms with Crippen molar-refractivity contribution < 1.29 is 9.53 Å². The van der Waals surface area contributed by atoms with Crippen molar-refractivity contribution in [2.75, 3.05) is 5.32 Å². The van der Waals surface area contributed by atoms with E-state index in [0.717, 1.165) is 5.69 Å². The van der Waals surface area contributed by atoms with Gasteiger partial charge in [-0.25, -0.2) is 4.79 Å². The molecule has 0 fully saturated rings. The quantitative estimate of drug-likeness (QED) is 0.732. The van der Waals surface area contributed by atoms with E-state index >= 15 is 0 Å². The van der Waals surface area contributed by atoms with Crippen molar-refractivity contribution in [3.63, 3.8) is 0 Å². The normalized spacial score (nSPS) is 10.2. The van der Waals surface area contributed by atoms with E-state index in [9.17, 15) is 4.79 Å². The van der Waals surface area contributed by atoms with Crippen molar-refractivity contribution >= 4 is 11.9 Å². The highest BCUT2D eigenvalue weighted by Crippen LogP contribution is 2.04. The average Bonchev–Trinajstić information content (AvgIpc) is 2.33. The number of aromatic amines is 1.